The normalized spacial score (nSPS) is 11.5. The Labute approximate surface area is 182 Å². The van der Waals surface area contributed by atoms with Gasteiger partial charge in [0.15, 0.2) is 0 Å². The molecule has 2 aromatic carbocycles. The molecule has 3 rings (SSSR count). The van der Waals surface area contributed by atoms with Gasteiger partial charge >= 0.3 is 5.97 Å². The van der Waals surface area contributed by atoms with E-state index in [1.807, 2.05) is 0 Å². The van der Waals surface area contributed by atoms with E-state index in [9.17, 15) is 24.3 Å². The number of halogens is 1. The largest absolute Gasteiger partial charge is 0.480 e. The molecule has 8 nitrogen and oxygen atoms in total. The third-order valence-corrected chi connectivity index (χ3v) is 4.78. The Bertz CT molecular complexity index is 1170. The van der Waals surface area contributed by atoms with E-state index >= 15 is 0 Å². The summed E-state index contributed by atoms with van der Waals surface area (Å²) in [5.41, 5.74) is 5.92. The van der Waals surface area contributed by atoms with Gasteiger partial charge in [-0.2, -0.15) is 0 Å². The van der Waals surface area contributed by atoms with Gasteiger partial charge in [0.1, 0.15) is 6.04 Å². The molecule has 0 spiro atoms. The molecule has 0 aliphatic rings. The van der Waals surface area contributed by atoms with Crippen LogP contribution in [-0.2, 0) is 9.59 Å². The van der Waals surface area contributed by atoms with E-state index in [4.69, 9.17) is 17.3 Å². The van der Waals surface area contributed by atoms with Gasteiger partial charge in [0.25, 0.3) is 11.5 Å². The minimum atomic E-state index is -1.51. The van der Waals surface area contributed by atoms with E-state index in [2.05, 4.69) is 0 Å². The number of amides is 2. The smallest absolute Gasteiger partial charge is 0.327 e. The maximum atomic E-state index is 13.3. The SMILES string of the molecule is NC(=O)CC(C(=O)O)N(C(=O)c1ccc(-n2ccccc2=O)cc1)c1ccc(Cl)cc1. The van der Waals surface area contributed by atoms with Gasteiger partial charge < -0.3 is 10.8 Å². The molecule has 3 N–H and O–H groups in total. The molecule has 9 heteroatoms. The van der Waals surface area contributed by atoms with Crippen molar-refractivity contribution in [3.05, 3.63) is 93.9 Å². The molecule has 1 atom stereocenters. The Morgan fingerprint density at radius 2 is 1.65 bits per heavy atom. The highest BCUT2D eigenvalue weighted by Gasteiger charge is 2.33. The zero-order valence-corrected chi connectivity index (χ0v) is 16.9. The fraction of sp³-hybridized carbons (Fsp3) is 0.0909. The number of aromatic nitrogens is 1. The van der Waals surface area contributed by atoms with Crippen LogP contribution in [0.5, 0.6) is 0 Å². The fourth-order valence-corrected chi connectivity index (χ4v) is 3.19. The summed E-state index contributed by atoms with van der Waals surface area (Å²) < 4.78 is 1.40. The number of nitrogens with two attached hydrogens (primary N) is 1. The first-order valence-corrected chi connectivity index (χ1v) is 9.54. The number of benzene rings is 2. The highest BCUT2D eigenvalue weighted by atomic mass is 35.5. The molecule has 2 amide bonds. The molecule has 158 valence electrons. The zero-order chi connectivity index (χ0) is 22.5. The molecule has 0 radical (unpaired) electrons. The number of carbonyl (C=O) groups is 3. The summed E-state index contributed by atoms with van der Waals surface area (Å²) in [6.45, 7) is 0. The van der Waals surface area contributed by atoms with Crippen molar-refractivity contribution in [3.63, 3.8) is 0 Å². The van der Waals surface area contributed by atoms with Gasteiger partial charge in [0, 0.05) is 34.2 Å². The van der Waals surface area contributed by atoms with Crippen LogP contribution in [0.1, 0.15) is 16.8 Å². The highest BCUT2D eigenvalue weighted by molar-refractivity contribution is 6.30. The van der Waals surface area contributed by atoms with E-state index in [0.717, 1.165) is 4.90 Å². The number of nitrogens with zero attached hydrogens (tertiary/aromatic N) is 2. The van der Waals surface area contributed by atoms with Crippen LogP contribution in [-0.4, -0.2) is 33.5 Å². The van der Waals surface area contributed by atoms with Crippen molar-refractivity contribution in [2.24, 2.45) is 5.73 Å². The average Bonchev–Trinajstić information content (AvgIpc) is 2.74. The van der Waals surface area contributed by atoms with Gasteiger partial charge in [-0.15, -0.1) is 0 Å². The van der Waals surface area contributed by atoms with E-state index in [0.29, 0.717) is 10.7 Å². The summed E-state index contributed by atoms with van der Waals surface area (Å²) in [7, 11) is 0. The molecule has 1 heterocycles. The molecule has 1 aromatic heterocycles. The van der Waals surface area contributed by atoms with E-state index in [1.165, 1.54) is 47.0 Å². The maximum Gasteiger partial charge on any atom is 0.327 e. The number of carbonyl (C=O) groups excluding carboxylic acids is 2. The zero-order valence-electron chi connectivity index (χ0n) is 16.1. The fourth-order valence-electron chi connectivity index (χ4n) is 3.06. The van der Waals surface area contributed by atoms with Gasteiger partial charge in [0.05, 0.1) is 6.42 Å². The van der Waals surface area contributed by atoms with Gasteiger partial charge in [-0.3, -0.25) is 23.9 Å². The van der Waals surface area contributed by atoms with Crippen LogP contribution in [0, 0.1) is 0 Å². The number of hydrogen-bond donors (Lipinski definition) is 2. The third kappa shape index (κ3) is 4.99. The molecule has 31 heavy (non-hydrogen) atoms. The Kier molecular flexibility index (Phi) is 6.52. The number of aliphatic carboxylic acids is 1. The van der Waals surface area contributed by atoms with Crippen molar-refractivity contribution in [3.8, 4) is 5.69 Å². The van der Waals surface area contributed by atoms with Crippen molar-refractivity contribution in [2.75, 3.05) is 4.90 Å². The lowest BCUT2D eigenvalue weighted by atomic mass is 10.1. The lowest BCUT2D eigenvalue weighted by Gasteiger charge is -2.28. The highest BCUT2D eigenvalue weighted by Crippen LogP contribution is 2.24. The second-order valence-corrected chi connectivity index (χ2v) is 7.07. The number of pyridine rings is 1. The molecule has 0 aliphatic heterocycles. The molecule has 0 saturated heterocycles. The van der Waals surface area contributed by atoms with E-state index in [-0.39, 0.29) is 16.8 Å². The van der Waals surface area contributed by atoms with Crippen LogP contribution in [0.15, 0.2) is 77.7 Å². The Balaban J connectivity index is 2.02. The second kappa shape index (κ2) is 9.27. The summed E-state index contributed by atoms with van der Waals surface area (Å²) in [5, 5.41) is 10.1. The molecular formula is C22H18ClN3O5. The van der Waals surface area contributed by atoms with Gasteiger partial charge in [-0.25, -0.2) is 4.79 Å². The average molecular weight is 440 g/mol. The second-order valence-electron chi connectivity index (χ2n) is 6.63. The molecule has 0 aliphatic carbocycles. The molecule has 0 saturated carbocycles. The van der Waals surface area contributed by atoms with Gasteiger partial charge in [-0.1, -0.05) is 17.7 Å². The summed E-state index contributed by atoms with van der Waals surface area (Å²) >= 11 is 5.91. The first kappa shape index (κ1) is 21.8. The lowest BCUT2D eigenvalue weighted by Crippen LogP contribution is -2.47. The van der Waals surface area contributed by atoms with Gasteiger partial charge in [-0.05, 0) is 54.6 Å². The molecule has 0 bridgehead atoms. The monoisotopic (exact) mass is 439 g/mol. The number of carboxylic acids is 1. The van der Waals surface area contributed by atoms with Crippen LogP contribution in [0.25, 0.3) is 5.69 Å². The van der Waals surface area contributed by atoms with Crippen molar-refractivity contribution >= 4 is 35.1 Å². The number of primary amides is 1. The topological polar surface area (TPSA) is 123 Å². The molecule has 1 unspecified atom stereocenters. The lowest BCUT2D eigenvalue weighted by molar-refractivity contribution is -0.140. The number of hydrogen-bond acceptors (Lipinski definition) is 4. The number of anilines is 1. The first-order valence-electron chi connectivity index (χ1n) is 9.16. The first-order chi connectivity index (χ1) is 14.8. The van der Waals surface area contributed by atoms with Gasteiger partial charge in [0.2, 0.25) is 5.91 Å². The summed E-state index contributed by atoms with van der Waals surface area (Å²) in [5.74, 6) is -2.89. The van der Waals surface area contributed by atoms with Crippen LogP contribution in [0.2, 0.25) is 5.02 Å². The minimum absolute atomic E-state index is 0.165. The summed E-state index contributed by atoms with van der Waals surface area (Å²) in [6, 6.07) is 15.3. The number of rotatable bonds is 7. The standard InChI is InChI=1S/C22H18ClN3O5/c23-15-6-10-17(11-7-15)26(18(22(30)31)13-19(24)27)21(29)14-4-8-16(9-5-14)25-12-2-1-3-20(25)28/h1-12,18H,13H2,(H2,24,27)(H,30,31). The Morgan fingerprint density at radius 1 is 1.00 bits per heavy atom. The quantitative estimate of drug-likeness (QED) is 0.585. The number of carboxylic acid groups (broad SMARTS) is 1. The summed E-state index contributed by atoms with van der Waals surface area (Å²) in [6.07, 6.45) is 1.02. The molecular weight excluding hydrogens is 422 g/mol. The molecule has 3 aromatic rings. The van der Waals surface area contributed by atoms with Crippen molar-refractivity contribution in [1.29, 1.82) is 0 Å². The maximum absolute atomic E-state index is 13.3. The van der Waals surface area contributed by atoms with Crippen LogP contribution in [0.4, 0.5) is 5.69 Å². The van der Waals surface area contributed by atoms with Crippen molar-refractivity contribution in [1.82, 2.24) is 4.57 Å². The Hall–Kier alpha value is -3.91. The summed E-state index contributed by atoms with van der Waals surface area (Å²) in [4.78, 5) is 49.6. The Morgan fingerprint density at radius 3 is 2.19 bits per heavy atom. The van der Waals surface area contributed by atoms with Crippen molar-refractivity contribution in [2.45, 2.75) is 12.5 Å². The van der Waals surface area contributed by atoms with Crippen molar-refractivity contribution < 1.29 is 19.5 Å². The van der Waals surface area contributed by atoms with Crippen LogP contribution < -0.4 is 16.2 Å². The van der Waals surface area contributed by atoms with E-state index in [1.54, 1.807) is 30.5 Å². The van der Waals surface area contributed by atoms with Crippen LogP contribution in [0.3, 0.4) is 0 Å². The third-order valence-electron chi connectivity index (χ3n) is 4.53. The molecule has 0 fully saturated rings. The predicted octanol–water partition coefficient (Wildman–Crippen LogP) is 2.47. The minimum Gasteiger partial charge on any atom is -0.480 e. The predicted molar refractivity (Wildman–Crippen MR) is 116 cm³/mol. The van der Waals surface area contributed by atoms with Crippen LogP contribution >= 0.6 is 11.6 Å². The van der Waals surface area contributed by atoms with E-state index < -0.39 is 30.2 Å².